The first-order valence-corrected chi connectivity index (χ1v) is 11.0. The highest BCUT2D eigenvalue weighted by atomic mass is 32.2. The number of aryl methyl sites for hydroxylation is 1. The van der Waals surface area contributed by atoms with Gasteiger partial charge in [0, 0.05) is 24.6 Å². The summed E-state index contributed by atoms with van der Waals surface area (Å²) in [4.78, 5) is 4.84. The number of ether oxygens (including phenoxy) is 1. The van der Waals surface area contributed by atoms with E-state index in [2.05, 4.69) is 10.1 Å². The quantitative estimate of drug-likeness (QED) is 0.635. The Morgan fingerprint density at radius 2 is 1.76 bits per heavy atom. The predicted molar refractivity (Wildman–Crippen MR) is 108 cm³/mol. The molecule has 7 nitrogen and oxygen atoms in total. The van der Waals surface area contributed by atoms with Crippen LogP contribution in [-0.2, 0) is 10.0 Å². The summed E-state index contributed by atoms with van der Waals surface area (Å²) >= 11 is 0. The number of hydrogen-bond acceptors (Lipinski definition) is 6. The van der Waals surface area contributed by atoms with Crippen molar-refractivity contribution in [3.63, 3.8) is 0 Å². The van der Waals surface area contributed by atoms with Crippen molar-refractivity contribution in [1.29, 1.82) is 0 Å². The highest BCUT2D eigenvalue weighted by molar-refractivity contribution is 7.89. The zero-order valence-electron chi connectivity index (χ0n) is 16.4. The molecular weight excluding hydrogens is 390 g/mol. The Morgan fingerprint density at radius 1 is 1.07 bits per heavy atom. The normalized spacial score (nSPS) is 16.1. The summed E-state index contributed by atoms with van der Waals surface area (Å²) < 4.78 is 37.9. The maximum absolute atomic E-state index is 12.9. The van der Waals surface area contributed by atoms with E-state index in [1.54, 1.807) is 31.4 Å². The summed E-state index contributed by atoms with van der Waals surface area (Å²) in [7, 11) is -1.97. The van der Waals surface area contributed by atoms with Crippen LogP contribution in [0.2, 0.25) is 0 Å². The number of nitrogens with zero attached hydrogens (tertiary/aromatic N) is 3. The molecule has 8 heteroatoms. The first-order valence-electron chi connectivity index (χ1n) is 9.53. The van der Waals surface area contributed by atoms with Crippen molar-refractivity contribution in [2.45, 2.75) is 30.6 Å². The van der Waals surface area contributed by atoms with Gasteiger partial charge in [-0.25, -0.2) is 8.42 Å². The second-order valence-electron chi connectivity index (χ2n) is 7.13. The van der Waals surface area contributed by atoms with Crippen molar-refractivity contribution in [1.82, 2.24) is 14.4 Å². The van der Waals surface area contributed by atoms with Crippen LogP contribution in [0, 0.1) is 6.92 Å². The lowest BCUT2D eigenvalue weighted by atomic mass is 9.98. The Bertz CT molecular complexity index is 1090. The molecule has 2 aromatic carbocycles. The fraction of sp³-hybridized carbons (Fsp3) is 0.333. The van der Waals surface area contributed by atoms with Gasteiger partial charge in [-0.1, -0.05) is 29.4 Å². The Hall–Kier alpha value is -2.71. The molecule has 1 aliphatic heterocycles. The summed E-state index contributed by atoms with van der Waals surface area (Å²) in [6.07, 6.45) is 1.29. The molecule has 1 aromatic heterocycles. The van der Waals surface area contributed by atoms with Crippen LogP contribution in [0.1, 0.15) is 30.2 Å². The number of piperidine rings is 1. The number of benzene rings is 2. The molecule has 3 aromatic rings. The van der Waals surface area contributed by atoms with Crippen molar-refractivity contribution in [2.24, 2.45) is 0 Å². The summed E-state index contributed by atoms with van der Waals surface area (Å²) in [5.41, 5.74) is 2.03. The van der Waals surface area contributed by atoms with Gasteiger partial charge in [-0.15, -0.1) is 0 Å². The molecular formula is C21H23N3O4S. The van der Waals surface area contributed by atoms with Gasteiger partial charge in [-0.05, 0) is 49.6 Å². The minimum absolute atomic E-state index is 0.0579. The molecule has 0 unspecified atom stereocenters. The molecule has 4 rings (SSSR count). The topological polar surface area (TPSA) is 85.5 Å². The highest BCUT2D eigenvalue weighted by Crippen LogP contribution is 2.31. The molecule has 152 valence electrons. The monoisotopic (exact) mass is 413 g/mol. The molecule has 29 heavy (non-hydrogen) atoms. The number of hydrogen-bond donors (Lipinski definition) is 0. The van der Waals surface area contributed by atoms with Crippen LogP contribution in [0.4, 0.5) is 0 Å². The standard InChI is InChI=1S/C21H23N3O4S/c1-15-5-3-4-6-19(15)20-22-21(28-23-20)16-11-13-24(14-12-16)29(25,26)18-9-7-17(27-2)8-10-18/h3-10,16H,11-14H2,1-2H3. The first-order chi connectivity index (χ1) is 14.0. The van der Waals surface area contributed by atoms with Crippen molar-refractivity contribution in [3.8, 4) is 17.1 Å². The van der Waals surface area contributed by atoms with E-state index in [0.717, 1.165) is 11.1 Å². The second-order valence-corrected chi connectivity index (χ2v) is 9.06. The number of aromatic nitrogens is 2. The Morgan fingerprint density at radius 3 is 2.41 bits per heavy atom. The zero-order valence-corrected chi connectivity index (χ0v) is 17.2. The van der Waals surface area contributed by atoms with E-state index in [-0.39, 0.29) is 10.8 Å². The lowest BCUT2D eigenvalue weighted by Crippen LogP contribution is -2.37. The van der Waals surface area contributed by atoms with Gasteiger partial charge in [0.25, 0.3) is 0 Å². The second kappa shape index (κ2) is 7.96. The molecule has 1 saturated heterocycles. The van der Waals surface area contributed by atoms with Crippen LogP contribution in [0.5, 0.6) is 5.75 Å². The Labute approximate surface area is 170 Å². The Kier molecular flexibility index (Phi) is 5.38. The average molecular weight is 413 g/mol. The summed E-state index contributed by atoms with van der Waals surface area (Å²) in [6.45, 7) is 2.84. The molecule has 2 heterocycles. The molecule has 1 aliphatic rings. The number of methoxy groups -OCH3 is 1. The van der Waals surface area contributed by atoms with Crippen LogP contribution in [0.25, 0.3) is 11.4 Å². The van der Waals surface area contributed by atoms with Crippen LogP contribution in [-0.4, -0.2) is 43.1 Å². The Balaban J connectivity index is 1.45. The summed E-state index contributed by atoms with van der Waals surface area (Å²) in [5.74, 6) is 1.84. The molecule has 1 fully saturated rings. The smallest absolute Gasteiger partial charge is 0.243 e. The third kappa shape index (κ3) is 3.90. The lowest BCUT2D eigenvalue weighted by molar-refractivity contribution is 0.271. The van der Waals surface area contributed by atoms with E-state index >= 15 is 0 Å². The van der Waals surface area contributed by atoms with E-state index in [1.165, 1.54) is 4.31 Å². The molecule has 0 aliphatic carbocycles. The van der Waals surface area contributed by atoms with Gasteiger partial charge in [-0.3, -0.25) is 0 Å². The molecule has 0 atom stereocenters. The van der Waals surface area contributed by atoms with Gasteiger partial charge in [0.1, 0.15) is 5.75 Å². The fourth-order valence-corrected chi connectivity index (χ4v) is 5.04. The maximum atomic E-state index is 12.9. The molecule has 0 radical (unpaired) electrons. The van der Waals surface area contributed by atoms with E-state index in [9.17, 15) is 8.42 Å². The SMILES string of the molecule is COc1ccc(S(=O)(=O)N2CCC(c3nc(-c4ccccc4C)no3)CC2)cc1. The predicted octanol–water partition coefficient (Wildman–Crippen LogP) is 3.62. The zero-order chi connectivity index (χ0) is 20.4. The van der Waals surface area contributed by atoms with Crippen molar-refractivity contribution in [3.05, 3.63) is 60.0 Å². The lowest BCUT2D eigenvalue weighted by Gasteiger charge is -2.29. The van der Waals surface area contributed by atoms with Gasteiger partial charge >= 0.3 is 0 Å². The molecule has 0 saturated carbocycles. The van der Waals surface area contributed by atoms with Crippen LogP contribution >= 0.6 is 0 Å². The minimum atomic E-state index is -3.52. The third-order valence-corrected chi connectivity index (χ3v) is 7.24. The molecule has 0 spiro atoms. The summed E-state index contributed by atoms with van der Waals surface area (Å²) in [6, 6.07) is 14.4. The molecule has 0 amide bonds. The van der Waals surface area contributed by atoms with E-state index in [0.29, 0.717) is 43.4 Å². The van der Waals surface area contributed by atoms with Crippen molar-refractivity contribution in [2.75, 3.05) is 20.2 Å². The van der Waals surface area contributed by atoms with Gasteiger partial charge in [0.2, 0.25) is 21.7 Å². The maximum Gasteiger partial charge on any atom is 0.243 e. The molecule has 0 N–H and O–H groups in total. The highest BCUT2D eigenvalue weighted by Gasteiger charge is 2.32. The largest absolute Gasteiger partial charge is 0.497 e. The van der Waals surface area contributed by atoms with E-state index in [1.807, 2.05) is 31.2 Å². The molecule has 0 bridgehead atoms. The first kappa shape index (κ1) is 19.6. The van der Waals surface area contributed by atoms with E-state index in [4.69, 9.17) is 9.26 Å². The van der Waals surface area contributed by atoms with Crippen molar-refractivity contribution >= 4 is 10.0 Å². The fourth-order valence-electron chi connectivity index (χ4n) is 3.57. The van der Waals surface area contributed by atoms with E-state index < -0.39 is 10.0 Å². The summed E-state index contributed by atoms with van der Waals surface area (Å²) in [5, 5.41) is 4.12. The van der Waals surface area contributed by atoms with Gasteiger partial charge < -0.3 is 9.26 Å². The third-order valence-electron chi connectivity index (χ3n) is 5.33. The van der Waals surface area contributed by atoms with Crippen molar-refractivity contribution < 1.29 is 17.7 Å². The van der Waals surface area contributed by atoms with Crippen LogP contribution < -0.4 is 4.74 Å². The van der Waals surface area contributed by atoms with Crippen LogP contribution in [0.15, 0.2) is 57.9 Å². The number of sulfonamides is 1. The average Bonchev–Trinajstić information content (AvgIpc) is 3.24. The van der Waals surface area contributed by atoms with Gasteiger partial charge in [0.05, 0.1) is 12.0 Å². The van der Waals surface area contributed by atoms with Crippen LogP contribution in [0.3, 0.4) is 0 Å². The van der Waals surface area contributed by atoms with Gasteiger partial charge in [0.15, 0.2) is 0 Å². The minimum Gasteiger partial charge on any atom is -0.497 e. The van der Waals surface area contributed by atoms with Gasteiger partial charge in [-0.2, -0.15) is 9.29 Å². The number of rotatable bonds is 5.